The van der Waals surface area contributed by atoms with Gasteiger partial charge in [-0.2, -0.15) is 0 Å². The average molecular weight is 530 g/mol. The van der Waals surface area contributed by atoms with E-state index in [0.717, 1.165) is 11.3 Å². The molecular weight excluding hydrogens is 509 g/mol. The van der Waals surface area contributed by atoms with Crippen LogP contribution in [0.2, 0.25) is 10.0 Å². The molecule has 0 fully saturated rings. The fourth-order valence-electron chi connectivity index (χ4n) is 3.36. The number of sulfonamides is 1. The second-order valence-corrected chi connectivity index (χ2v) is 10.1. The van der Waals surface area contributed by atoms with Crippen LogP contribution in [-0.4, -0.2) is 24.4 Å². The van der Waals surface area contributed by atoms with Gasteiger partial charge < -0.3 is 15.6 Å². The quantitative estimate of drug-likeness (QED) is 0.232. The highest BCUT2D eigenvalue weighted by molar-refractivity contribution is 7.92. The monoisotopic (exact) mass is 529 g/mol. The Hall–Kier alpha value is -3.53. The van der Waals surface area contributed by atoms with Gasteiger partial charge in [0.15, 0.2) is 0 Å². The highest BCUT2D eigenvalue weighted by atomic mass is 35.5. The molecule has 3 aromatic carbocycles. The van der Waals surface area contributed by atoms with Crippen molar-refractivity contribution in [3.8, 4) is 11.3 Å². The predicted octanol–water partition coefficient (Wildman–Crippen LogP) is 6.07. The molecule has 11 heteroatoms. The summed E-state index contributed by atoms with van der Waals surface area (Å²) in [6.07, 6.45) is 3.26. The zero-order valence-electron chi connectivity index (χ0n) is 18.4. The van der Waals surface area contributed by atoms with E-state index >= 15 is 0 Å². The van der Waals surface area contributed by atoms with E-state index in [-0.39, 0.29) is 4.90 Å². The number of benzene rings is 3. The van der Waals surface area contributed by atoms with Crippen LogP contribution in [-0.2, 0) is 10.0 Å². The maximum atomic E-state index is 12.8. The number of nitrogens with one attached hydrogen (secondary N) is 4. The SMILES string of the molecule is CC(NC(=O)Nc1ccc(S(=O)(=O)Nc2ccc(-c3cnc[nH]3)cc2)cc1)c1cccc(Cl)c1Cl. The fraction of sp³-hybridized carbons (Fsp3) is 0.0833. The highest BCUT2D eigenvalue weighted by Gasteiger charge is 2.16. The summed E-state index contributed by atoms with van der Waals surface area (Å²) in [7, 11) is -3.81. The maximum Gasteiger partial charge on any atom is 0.319 e. The van der Waals surface area contributed by atoms with Crippen molar-refractivity contribution in [1.29, 1.82) is 0 Å². The van der Waals surface area contributed by atoms with E-state index in [2.05, 4.69) is 25.3 Å². The van der Waals surface area contributed by atoms with Crippen LogP contribution in [0, 0.1) is 0 Å². The third-order valence-corrected chi connectivity index (χ3v) is 7.40. The van der Waals surface area contributed by atoms with E-state index < -0.39 is 22.1 Å². The molecule has 0 spiro atoms. The molecule has 0 radical (unpaired) electrons. The summed E-state index contributed by atoms with van der Waals surface area (Å²) < 4.78 is 28.1. The number of aromatic amines is 1. The van der Waals surface area contributed by atoms with Gasteiger partial charge in [-0.15, -0.1) is 0 Å². The molecule has 1 aromatic heterocycles. The average Bonchev–Trinajstić information content (AvgIpc) is 3.36. The first-order chi connectivity index (χ1) is 16.7. The van der Waals surface area contributed by atoms with Crippen molar-refractivity contribution in [2.75, 3.05) is 10.0 Å². The van der Waals surface area contributed by atoms with Crippen LogP contribution in [0.4, 0.5) is 16.2 Å². The highest BCUT2D eigenvalue weighted by Crippen LogP contribution is 2.30. The lowest BCUT2D eigenvalue weighted by Crippen LogP contribution is -2.31. The van der Waals surface area contributed by atoms with Crippen molar-refractivity contribution in [1.82, 2.24) is 15.3 Å². The first kappa shape index (κ1) is 24.6. The topological polar surface area (TPSA) is 116 Å². The van der Waals surface area contributed by atoms with E-state index in [0.29, 0.717) is 27.0 Å². The summed E-state index contributed by atoms with van der Waals surface area (Å²) in [4.78, 5) is 19.4. The third kappa shape index (κ3) is 5.94. The van der Waals surface area contributed by atoms with E-state index in [4.69, 9.17) is 23.2 Å². The van der Waals surface area contributed by atoms with Crippen molar-refractivity contribution in [3.63, 3.8) is 0 Å². The number of imidazole rings is 1. The number of amides is 2. The Morgan fingerprint density at radius 3 is 2.31 bits per heavy atom. The van der Waals surface area contributed by atoms with Gasteiger partial charge in [0.05, 0.1) is 39.2 Å². The Morgan fingerprint density at radius 1 is 0.971 bits per heavy atom. The van der Waals surface area contributed by atoms with Crippen molar-refractivity contribution in [2.45, 2.75) is 17.9 Å². The molecular formula is C24H21Cl2N5O3S. The van der Waals surface area contributed by atoms with Crippen LogP contribution < -0.4 is 15.4 Å². The summed E-state index contributed by atoms with van der Waals surface area (Å²) >= 11 is 12.2. The summed E-state index contributed by atoms with van der Waals surface area (Å²) in [6, 6.07) is 17.1. The lowest BCUT2D eigenvalue weighted by Gasteiger charge is -2.17. The number of carbonyl (C=O) groups excluding carboxylic acids is 1. The van der Waals surface area contributed by atoms with Gasteiger partial charge >= 0.3 is 6.03 Å². The lowest BCUT2D eigenvalue weighted by atomic mass is 10.1. The van der Waals surface area contributed by atoms with Crippen LogP contribution in [0.1, 0.15) is 18.5 Å². The summed E-state index contributed by atoms with van der Waals surface area (Å²) in [5.74, 6) is 0. The molecule has 1 unspecified atom stereocenters. The van der Waals surface area contributed by atoms with Gasteiger partial charge in [0.2, 0.25) is 0 Å². The Bertz CT molecular complexity index is 1430. The lowest BCUT2D eigenvalue weighted by molar-refractivity contribution is 0.249. The second-order valence-electron chi connectivity index (χ2n) is 7.64. The predicted molar refractivity (Wildman–Crippen MR) is 138 cm³/mol. The van der Waals surface area contributed by atoms with Gasteiger partial charge in [0, 0.05) is 11.4 Å². The number of rotatable bonds is 7. The molecule has 4 aromatic rings. The number of hydrogen-bond donors (Lipinski definition) is 4. The van der Waals surface area contributed by atoms with Crippen molar-refractivity contribution >= 4 is 50.6 Å². The van der Waals surface area contributed by atoms with Gasteiger partial charge in [0.1, 0.15) is 0 Å². The smallest absolute Gasteiger partial charge is 0.319 e. The van der Waals surface area contributed by atoms with Gasteiger partial charge in [-0.3, -0.25) is 4.72 Å². The number of hydrogen-bond acceptors (Lipinski definition) is 4. The molecule has 4 N–H and O–H groups in total. The molecule has 1 atom stereocenters. The van der Waals surface area contributed by atoms with Crippen LogP contribution in [0.3, 0.4) is 0 Å². The van der Waals surface area contributed by atoms with Gasteiger partial charge in [-0.05, 0) is 60.5 Å². The molecule has 0 aliphatic rings. The molecule has 1 heterocycles. The standard InChI is InChI=1S/C24H21Cl2N5O3S/c1-15(20-3-2-4-21(25)23(20)26)29-24(32)30-17-9-11-19(12-10-17)35(33,34)31-18-7-5-16(6-8-18)22-13-27-14-28-22/h2-15,31H,1H3,(H,27,28)(H2,29,30,32). The number of urea groups is 1. The van der Waals surface area contributed by atoms with Gasteiger partial charge in [0.25, 0.3) is 10.0 Å². The summed E-state index contributed by atoms with van der Waals surface area (Å²) in [5.41, 5.74) is 3.24. The van der Waals surface area contributed by atoms with E-state index in [1.807, 2.05) is 0 Å². The summed E-state index contributed by atoms with van der Waals surface area (Å²) in [6.45, 7) is 1.78. The molecule has 35 heavy (non-hydrogen) atoms. The Kier molecular flexibility index (Phi) is 7.30. The molecule has 0 bridgehead atoms. The van der Waals surface area contributed by atoms with Crippen molar-refractivity contribution in [2.24, 2.45) is 0 Å². The first-order valence-corrected chi connectivity index (χ1v) is 12.7. The Morgan fingerprint density at radius 2 is 1.66 bits per heavy atom. The van der Waals surface area contributed by atoms with Crippen LogP contribution in [0.25, 0.3) is 11.3 Å². The van der Waals surface area contributed by atoms with E-state index in [1.165, 1.54) is 24.3 Å². The molecule has 4 rings (SSSR count). The molecule has 8 nitrogen and oxygen atoms in total. The number of aromatic nitrogens is 2. The number of halogens is 2. The molecule has 0 saturated carbocycles. The Labute approximate surface area is 212 Å². The van der Waals surface area contributed by atoms with Crippen LogP contribution >= 0.6 is 23.2 Å². The van der Waals surface area contributed by atoms with Gasteiger partial charge in [-0.25, -0.2) is 18.2 Å². The molecule has 2 amide bonds. The summed E-state index contributed by atoms with van der Waals surface area (Å²) in [5, 5.41) is 6.23. The van der Waals surface area contributed by atoms with Crippen LogP contribution in [0.5, 0.6) is 0 Å². The van der Waals surface area contributed by atoms with E-state index in [9.17, 15) is 13.2 Å². The van der Waals surface area contributed by atoms with Crippen molar-refractivity contribution < 1.29 is 13.2 Å². The third-order valence-electron chi connectivity index (χ3n) is 5.16. The number of H-pyrrole nitrogens is 1. The zero-order chi connectivity index (χ0) is 25.0. The zero-order valence-corrected chi connectivity index (χ0v) is 20.7. The molecule has 180 valence electrons. The fourth-order valence-corrected chi connectivity index (χ4v) is 4.89. The first-order valence-electron chi connectivity index (χ1n) is 10.5. The minimum Gasteiger partial charge on any atom is -0.345 e. The second kappa shape index (κ2) is 10.4. The van der Waals surface area contributed by atoms with Crippen LogP contribution in [0.15, 0.2) is 84.1 Å². The molecule has 0 saturated heterocycles. The number of nitrogens with zero attached hydrogens (tertiary/aromatic N) is 1. The number of anilines is 2. The van der Waals surface area contributed by atoms with Gasteiger partial charge in [-0.1, -0.05) is 47.5 Å². The minimum atomic E-state index is -3.81. The molecule has 0 aliphatic carbocycles. The minimum absolute atomic E-state index is 0.0557. The maximum absolute atomic E-state index is 12.8. The van der Waals surface area contributed by atoms with E-state index in [1.54, 1.807) is 61.9 Å². The number of carbonyl (C=O) groups is 1. The molecule has 0 aliphatic heterocycles. The largest absolute Gasteiger partial charge is 0.345 e. The van der Waals surface area contributed by atoms with Crippen molar-refractivity contribution in [3.05, 3.63) is 94.9 Å². The Balaban J connectivity index is 1.37. The normalized spacial score (nSPS) is 12.1.